The molecule has 5 nitrogen and oxygen atoms in total. The molecular formula is C14H16N2O3S. The fraction of sp³-hybridized carbons (Fsp3) is 0.214. The van der Waals surface area contributed by atoms with Crippen molar-refractivity contribution in [2.24, 2.45) is 0 Å². The Bertz CT molecular complexity index is 779. The number of nitrogens with zero attached hydrogens (tertiary/aromatic N) is 1. The van der Waals surface area contributed by atoms with Gasteiger partial charge in [-0.05, 0) is 30.7 Å². The zero-order valence-corrected chi connectivity index (χ0v) is 11.9. The highest BCUT2D eigenvalue weighted by Gasteiger charge is 2.17. The number of nitrogen functional groups attached to an aromatic ring is 1. The summed E-state index contributed by atoms with van der Waals surface area (Å²) >= 11 is 0. The predicted molar refractivity (Wildman–Crippen MR) is 78.3 cm³/mol. The second kappa shape index (κ2) is 5.50. The Labute approximate surface area is 117 Å². The van der Waals surface area contributed by atoms with Crippen molar-refractivity contribution in [3.63, 3.8) is 0 Å². The maximum atomic E-state index is 12.3. The number of anilines is 1. The van der Waals surface area contributed by atoms with E-state index in [1.165, 1.54) is 16.7 Å². The van der Waals surface area contributed by atoms with Gasteiger partial charge in [0.15, 0.2) is 9.84 Å². The smallest absolute Gasteiger partial charge is 0.250 e. The minimum absolute atomic E-state index is 0.121. The average Bonchev–Trinajstić information content (AvgIpc) is 2.40. The largest absolute Gasteiger partial charge is 0.399 e. The van der Waals surface area contributed by atoms with Crippen molar-refractivity contribution in [3.05, 3.63) is 58.5 Å². The number of pyridine rings is 1. The van der Waals surface area contributed by atoms with Crippen molar-refractivity contribution in [3.8, 4) is 0 Å². The summed E-state index contributed by atoms with van der Waals surface area (Å²) in [5, 5.41) is 0. The van der Waals surface area contributed by atoms with Gasteiger partial charge in [0.1, 0.15) is 0 Å². The summed E-state index contributed by atoms with van der Waals surface area (Å²) < 4.78 is 26.0. The molecule has 1 aromatic heterocycles. The molecule has 0 spiro atoms. The Hall–Kier alpha value is -2.08. The molecule has 6 heteroatoms. The van der Waals surface area contributed by atoms with Gasteiger partial charge in [0, 0.05) is 24.5 Å². The lowest BCUT2D eigenvalue weighted by atomic mass is 10.2. The highest BCUT2D eigenvalue weighted by molar-refractivity contribution is 7.91. The molecule has 2 rings (SSSR count). The van der Waals surface area contributed by atoms with Crippen molar-refractivity contribution < 1.29 is 8.42 Å². The Morgan fingerprint density at radius 2 is 1.95 bits per heavy atom. The van der Waals surface area contributed by atoms with Crippen LogP contribution < -0.4 is 11.3 Å². The number of aromatic nitrogens is 1. The lowest BCUT2D eigenvalue weighted by Crippen LogP contribution is -2.23. The SMILES string of the molecule is Cc1ccc(N)cc1S(=O)(=O)CCn1ccccc1=O. The van der Waals surface area contributed by atoms with E-state index in [1.54, 1.807) is 37.4 Å². The highest BCUT2D eigenvalue weighted by Crippen LogP contribution is 2.19. The van der Waals surface area contributed by atoms with Crippen LogP contribution in [0.5, 0.6) is 0 Å². The van der Waals surface area contributed by atoms with Crippen molar-refractivity contribution in [1.82, 2.24) is 4.57 Å². The first kappa shape index (κ1) is 14.3. The molecule has 1 heterocycles. The van der Waals surface area contributed by atoms with E-state index >= 15 is 0 Å². The number of aryl methyl sites for hydroxylation is 2. The Morgan fingerprint density at radius 1 is 1.20 bits per heavy atom. The summed E-state index contributed by atoms with van der Waals surface area (Å²) in [4.78, 5) is 11.8. The van der Waals surface area contributed by atoms with Gasteiger partial charge >= 0.3 is 0 Å². The van der Waals surface area contributed by atoms with Crippen LogP contribution in [0, 0.1) is 6.92 Å². The van der Waals surface area contributed by atoms with Gasteiger partial charge in [0.2, 0.25) is 0 Å². The summed E-state index contributed by atoms with van der Waals surface area (Å²) in [7, 11) is -3.47. The van der Waals surface area contributed by atoms with E-state index in [2.05, 4.69) is 0 Å². The van der Waals surface area contributed by atoms with E-state index in [9.17, 15) is 13.2 Å². The van der Waals surface area contributed by atoms with Gasteiger partial charge in [-0.3, -0.25) is 4.79 Å². The molecule has 20 heavy (non-hydrogen) atoms. The van der Waals surface area contributed by atoms with Crippen molar-refractivity contribution >= 4 is 15.5 Å². The minimum Gasteiger partial charge on any atom is -0.399 e. The number of rotatable bonds is 4. The normalized spacial score (nSPS) is 11.4. The maximum Gasteiger partial charge on any atom is 0.250 e. The van der Waals surface area contributed by atoms with E-state index < -0.39 is 9.84 Å². The standard InChI is InChI=1S/C14H16N2O3S/c1-11-5-6-12(15)10-13(11)20(18,19)9-8-16-7-3-2-4-14(16)17/h2-7,10H,8-9,15H2,1H3. The molecule has 2 N–H and O–H groups in total. The van der Waals surface area contributed by atoms with Crippen LogP contribution in [0.3, 0.4) is 0 Å². The van der Waals surface area contributed by atoms with Gasteiger partial charge in [-0.2, -0.15) is 0 Å². The van der Waals surface area contributed by atoms with Crippen LogP contribution >= 0.6 is 0 Å². The van der Waals surface area contributed by atoms with Crippen molar-refractivity contribution in [2.45, 2.75) is 18.4 Å². The second-order valence-electron chi connectivity index (χ2n) is 4.58. The Kier molecular flexibility index (Phi) is 3.94. The molecule has 106 valence electrons. The van der Waals surface area contributed by atoms with E-state index in [0.29, 0.717) is 11.3 Å². The summed E-state index contributed by atoms with van der Waals surface area (Å²) in [6.45, 7) is 1.84. The third-order valence-electron chi connectivity index (χ3n) is 3.05. The Morgan fingerprint density at radius 3 is 2.65 bits per heavy atom. The van der Waals surface area contributed by atoms with Gasteiger partial charge in [-0.1, -0.05) is 12.1 Å². The van der Waals surface area contributed by atoms with Crippen LogP contribution in [-0.4, -0.2) is 18.7 Å². The predicted octanol–water partition coefficient (Wildman–Crippen LogP) is 1.21. The van der Waals surface area contributed by atoms with Crippen molar-refractivity contribution in [1.29, 1.82) is 0 Å². The molecule has 0 amide bonds. The lowest BCUT2D eigenvalue weighted by molar-refractivity contribution is 0.586. The van der Waals surface area contributed by atoms with Crippen molar-refractivity contribution in [2.75, 3.05) is 11.5 Å². The first-order valence-corrected chi connectivity index (χ1v) is 7.80. The van der Waals surface area contributed by atoms with Gasteiger partial charge in [0.05, 0.1) is 10.6 Å². The lowest BCUT2D eigenvalue weighted by Gasteiger charge is -2.09. The molecule has 0 fully saturated rings. The molecule has 0 radical (unpaired) electrons. The van der Waals surface area contributed by atoms with Gasteiger partial charge in [0.25, 0.3) is 5.56 Å². The number of hydrogen-bond acceptors (Lipinski definition) is 4. The van der Waals surface area contributed by atoms with E-state index in [4.69, 9.17) is 5.73 Å². The fourth-order valence-corrected chi connectivity index (χ4v) is 3.46. The minimum atomic E-state index is -3.47. The number of sulfone groups is 1. The molecule has 0 atom stereocenters. The van der Waals surface area contributed by atoms with Gasteiger partial charge in [-0.25, -0.2) is 8.42 Å². The third kappa shape index (κ3) is 3.08. The van der Waals surface area contributed by atoms with E-state index in [0.717, 1.165) is 0 Å². The molecule has 0 saturated heterocycles. The van der Waals surface area contributed by atoms with Gasteiger partial charge < -0.3 is 10.3 Å². The molecule has 0 aliphatic carbocycles. The van der Waals surface area contributed by atoms with Gasteiger partial charge in [-0.15, -0.1) is 0 Å². The molecular weight excluding hydrogens is 276 g/mol. The average molecular weight is 292 g/mol. The summed E-state index contributed by atoms with van der Waals surface area (Å²) in [6.07, 6.45) is 1.57. The first-order chi connectivity index (χ1) is 9.40. The molecule has 2 aromatic rings. The monoisotopic (exact) mass is 292 g/mol. The van der Waals surface area contributed by atoms with Crippen LogP contribution in [0.2, 0.25) is 0 Å². The highest BCUT2D eigenvalue weighted by atomic mass is 32.2. The molecule has 0 saturated carbocycles. The van der Waals surface area contributed by atoms with Crippen LogP contribution in [-0.2, 0) is 16.4 Å². The maximum absolute atomic E-state index is 12.3. The number of nitrogens with two attached hydrogens (primary N) is 1. The number of benzene rings is 1. The van der Waals surface area contributed by atoms with E-state index in [1.807, 2.05) is 0 Å². The van der Waals surface area contributed by atoms with Crippen LogP contribution in [0.25, 0.3) is 0 Å². The second-order valence-corrected chi connectivity index (χ2v) is 6.65. The Balaban J connectivity index is 2.26. The van der Waals surface area contributed by atoms with Crippen LogP contribution in [0.1, 0.15) is 5.56 Å². The first-order valence-electron chi connectivity index (χ1n) is 6.14. The third-order valence-corrected chi connectivity index (χ3v) is 4.88. The fourth-order valence-electron chi connectivity index (χ4n) is 1.93. The van der Waals surface area contributed by atoms with E-state index in [-0.39, 0.29) is 22.8 Å². The quantitative estimate of drug-likeness (QED) is 0.859. The molecule has 1 aromatic carbocycles. The molecule has 0 unspecified atom stereocenters. The summed E-state index contributed by atoms with van der Waals surface area (Å²) in [6, 6.07) is 9.51. The molecule has 0 bridgehead atoms. The van der Waals surface area contributed by atoms with Crippen LogP contribution in [0.15, 0.2) is 52.3 Å². The summed E-state index contributed by atoms with van der Waals surface area (Å²) in [5.74, 6) is -0.138. The summed E-state index contributed by atoms with van der Waals surface area (Å²) in [5.41, 5.74) is 6.48. The number of hydrogen-bond donors (Lipinski definition) is 1. The topological polar surface area (TPSA) is 82.2 Å². The van der Waals surface area contributed by atoms with Crippen LogP contribution in [0.4, 0.5) is 5.69 Å². The zero-order chi connectivity index (χ0) is 14.8. The molecule has 0 aliphatic heterocycles. The molecule has 0 aliphatic rings. The zero-order valence-electron chi connectivity index (χ0n) is 11.1.